The maximum absolute atomic E-state index is 12.5. The average molecular weight is 261 g/mol. The summed E-state index contributed by atoms with van der Waals surface area (Å²) in [5, 5.41) is 2.78. The second-order valence-electron chi connectivity index (χ2n) is 3.62. The standard InChI is InChI=1S/C10H10F3N3O2/c1-15(2)9(17)16(14-18)8-5-3-4-7(6-8)10(11,12)13/h3-6H,1-2H3. The van der Waals surface area contributed by atoms with Gasteiger partial charge >= 0.3 is 12.2 Å². The SMILES string of the molecule is CN(C)C(=O)N(N=O)c1cccc(C(F)(F)F)c1. The quantitative estimate of drug-likeness (QED) is 0.607. The topological polar surface area (TPSA) is 53.0 Å². The number of amides is 2. The minimum atomic E-state index is -4.55. The van der Waals surface area contributed by atoms with Crippen molar-refractivity contribution in [3.63, 3.8) is 0 Å². The van der Waals surface area contributed by atoms with Crippen LogP contribution in [0.25, 0.3) is 0 Å². The van der Waals surface area contributed by atoms with E-state index in [2.05, 4.69) is 5.29 Å². The first-order valence-corrected chi connectivity index (χ1v) is 4.79. The van der Waals surface area contributed by atoms with Crippen LogP contribution in [0.5, 0.6) is 0 Å². The lowest BCUT2D eigenvalue weighted by Gasteiger charge is -2.19. The zero-order valence-corrected chi connectivity index (χ0v) is 9.60. The molecule has 0 aromatic heterocycles. The van der Waals surface area contributed by atoms with Gasteiger partial charge in [-0.05, 0) is 18.2 Å². The van der Waals surface area contributed by atoms with E-state index in [1.807, 2.05) is 0 Å². The number of hydrogen-bond donors (Lipinski definition) is 0. The van der Waals surface area contributed by atoms with Crippen molar-refractivity contribution < 1.29 is 18.0 Å². The van der Waals surface area contributed by atoms with Gasteiger partial charge in [-0.15, -0.1) is 9.92 Å². The van der Waals surface area contributed by atoms with Crippen molar-refractivity contribution in [1.29, 1.82) is 0 Å². The molecule has 2 amide bonds. The van der Waals surface area contributed by atoms with Crippen molar-refractivity contribution in [2.45, 2.75) is 6.18 Å². The molecule has 1 aromatic rings. The smallest absolute Gasteiger partial charge is 0.329 e. The van der Waals surface area contributed by atoms with Gasteiger partial charge in [0, 0.05) is 14.1 Å². The Kier molecular flexibility index (Phi) is 3.89. The van der Waals surface area contributed by atoms with Crippen LogP contribution in [0.1, 0.15) is 5.56 Å². The van der Waals surface area contributed by atoms with Gasteiger partial charge in [0.05, 0.1) is 16.5 Å². The third-order valence-electron chi connectivity index (χ3n) is 2.06. The van der Waals surface area contributed by atoms with E-state index in [0.717, 1.165) is 17.0 Å². The maximum atomic E-state index is 12.5. The fourth-order valence-corrected chi connectivity index (χ4v) is 1.20. The highest BCUT2D eigenvalue weighted by atomic mass is 19.4. The molecule has 0 N–H and O–H groups in total. The van der Waals surface area contributed by atoms with Crippen molar-refractivity contribution in [2.24, 2.45) is 5.29 Å². The van der Waals surface area contributed by atoms with E-state index in [9.17, 15) is 22.9 Å². The molecule has 18 heavy (non-hydrogen) atoms. The predicted molar refractivity (Wildman–Crippen MR) is 58.8 cm³/mol. The summed E-state index contributed by atoms with van der Waals surface area (Å²) in [6.07, 6.45) is -4.55. The molecule has 0 heterocycles. The first-order valence-electron chi connectivity index (χ1n) is 4.79. The lowest BCUT2D eigenvalue weighted by Crippen LogP contribution is -2.35. The Morgan fingerprint density at radius 2 is 1.89 bits per heavy atom. The van der Waals surface area contributed by atoms with Crippen LogP contribution in [-0.2, 0) is 6.18 Å². The zero-order valence-electron chi connectivity index (χ0n) is 9.60. The normalized spacial score (nSPS) is 10.9. The zero-order chi connectivity index (χ0) is 13.9. The lowest BCUT2D eigenvalue weighted by molar-refractivity contribution is -0.137. The summed E-state index contributed by atoms with van der Waals surface area (Å²) >= 11 is 0. The Bertz CT molecular complexity index is 460. The molecule has 0 saturated heterocycles. The van der Waals surface area contributed by atoms with E-state index < -0.39 is 17.8 Å². The van der Waals surface area contributed by atoms with E-state index in [1.54, 1.807) is 0 Å². The Labute approximate surface area is 101 Å². The molecule has 0 aliphatic carbocycles. The van der Waals surface area contributed by atoms with E-state index in [-0.39, 0.29) is 5.69 Å². The molecule has 1 rings (SSSR count). The maximum Gasteiger partial charge on any atom is 0.416 e. The first-order chi connectivity index (χ1) is 8.27. The van der Waals surface area contributed by atoms with Crippen LogP contribution in [0.2, 0.25) is 0 Å². The molecule has 0 aliphatic heterocycles. The van der Waals surface area contributed by atoms with Gasteiger partial charge in [-0.3, -0.25) is 0 Å². The van der Waals surface area contributed by atoms with Crippen LogP contribution < -0.4 is 5.01 Å². The van der Waals surface area contributed by atoms with E-state index in [4.69, 9.17) is 0 Å². The molecule has 98 valence electrons. The number of nitrogens with zero attached hydrogens (tertiary/aromatic N) is 3. The van der Waals surface area contributed by atoms with Crippen molar-refractivity contribution in [1.82, 2.24) is 4.90 Å². The van der Waals surface area contributed by atoms with Gasteiger partial charge < -0.3 is 4.90 Å². The summed E-state index contributed by atoms with van der Waals surface area (Å²) in [5.74, 6) is 0. The van der Waals surface area contributed by atoms with Crippen molar-refractivity contribution >= 4 is 11.7 Å². The molecule has 5 nitrogen and oxygen atoms in total. The number of carbonyl (C=O) groups is 1. The third-order valence-corrected chi connectivity index (χ3v) is 2.06. The molecular weight excluding hydrogens is 251 g/mol. The Balaban J connectivity index is 3.16. The van der Waals surface area contributed by atoms with Crippen molar-refractivity contribution in [2.75, 3.05) is 19.1 Å². The van der Waals surface area contributed by atoms with Crippen LogP contribution in [0.4, 0.5) is 23.7 Å². The molecule has 0 spiro atoms. The second-order valence-corrected chi connectivity index (χ2v) is 3.62. The van der Waals surface area contributed by atoms with Crippen LogP contribution in [0.3, 0.4) is 0 Å². The first kappa shape index (κ1) is 13.9. The van der Waals surface area contributed by atoms with Gasteiger partial charge in [-0.1, -0.05) is 6.07 Å². The molecular formula is C10H10F3N3O2. The van der Waals surface area contributed by atoms with Crippen LogP contribution >= 0.6 is 0 Å². The molecule has 0 unspecified atom stereocenters. The van der Waals surface area contributed by atoms with Gasteiger partial charge in [0.25, 0.3) is 0 Å². The van der Waals surface area contributed by atoms with Gasteiger partial charge in [0.2, 0.25) is 0 Å². The Hall–Kier alpha value is -2.12. The number of benzene rings is 1. The van der Waals surface area contributed by atoms with Gasteiger partial charge in [-0.25, -0.2) is 4.79 Å². The number of hydrogen-bond acceptors (Lipinski definition) is 3. The minimum absolute atomic E-state index is 0.237. The van der Waals surface area contributed by atoms with Crippen molar-refractivity contribution in [3.8, 4) is 0 Å². The molecule has 0 atom stereocenters. The number of alkyl halides is 3. The Morgan fingerprint density at radius 1 is 1.28 bits per heavy atom. The molecule has 0 bridgehead atoms. The van der Waals surface area contributed by atoms with Gasteiger partial charge in [-0.2, -0.15) is 13.2 Å². The molecule has 0 saturated carbocycles. The molecule has 1 aromatic carbocycles. The van der Waals surface area contributed by atoms with E-state index in [1.165, 1.54) is 20.2 Å². The predicted octanol–water partition coefficient (Wildman–Crippen LogP) is 2.87. The highest BCUT2D eigenvalue weighted by Crippen LogP contribution is 2.31. The van der Waals surface area contributed by atoms with Crippen molar-refractivity contribution in [3.05, 3.63) is 34.7 Å². The summed E-state index contributed by atoms with van der Waals surface area (Å²) in [6.45, 7) is 0. The summed E-state index contributed by atoms with van der Waals surface area (Å²) in [5.41, 5.74) is -1.20. The molecule has 0 radical (unpaired) electrons. The van der Waals surface area contributed by atoms with Crippen LogP contribution in [0.15, 0.2) is 29.6 Å². The van der Waals surface area contributed by atoms with Gasteiger partial charge in [0.1, 0.15) is 0 Å². The summed E-state index contributed by atoms with van der Waals surface area (Å²) in [4.78, 5) is 23.1. The summed E-state index contributed by atoms with van der Waals surface area (Å²) < 4.78 is 37.4. The lowest BCUT2D eigenvalue weighted by atomic mass is 10.2. The number of urea groups is 1. The number of carbonyl (C=O) groups excluding carboxylic acids is 1. The molecule has 0 aliphatic rings. The van der Waals surface area contributed by atoms with Gasteiger partial charge in [0.15, 0.2) is 0 Å². The summed E-state index contributed by atoms with van der Waals surface area (Å²) in [6, 6.07) is 2.98. The number of anilines is 1. The van der Waals surface area contributed by atoms with Crippen LogP contribution in [-0.4, -0.2) is 25.0 Å². The number of rotatable bonds is 2. The average Bonchev–Trinajstić information content (AvgIpc) is 2.29. The van der Waals surface area contributed by atoms with E-state index >= 15 is 0 Å². The highest BCUT2D eigenvalue weighted by molar-refractivity contribution is 5.90. The monoisotopic (exact) mass is 261 g/mol. The molecule has 0 fully saturated rings. The minimum Gasteiger partial charge on any atom is -0.329 e. The number of halogens is 3. The third kappa shape index (κ3) is 2.96. The fourth-order valence-electron chi connectivity index (χ4n) is 1.20. The largest absolute Gasteiger partial charge is 0.416 e. The Morgan fingerprint density at radius 3 is 2.33 bits per heavy atom. The second kappa shape index (κ2) is 5.03. The van der Waals surface area contributed by atoms with E-state index in [0.29, 0.717) is 11.1 Å². The van der Waals surface area contributed by atoms with Crippen LogP contribution in [0, 0.1) is 4.91 Å². The fraction of sp³-hybridized carbons (Fsp3) is 0.300. The summed E-state index contributed by atoms with van der Waals surface area (Å²) in [7, 11) is 2.71. The molecule has 8 heteroatoms. The number of nitroso groups, excluding NO2 is 1. The highest BCUT2D eigenvalue weighted by Gasteiger charge is 2.31.